The van der Waals surface area contributed by atoms with Crippen LogP contribution in [0.25, 0.3) is 0 Å². The number of aryl methyl sites for hydroxylation is 1. The Bertz CT molecular complexity index is 1120. The molecule has 7 heteroatoms. The molecule has 3 aromatic rings. The molecule has 0 bridgehead atoms. The summed E-state index contributed by atoms with van der Waals surface area (Å²) in [7, 11) is 0. The van der Waals surface area contributed by atoms with Crippen LogP contribution < -0.4 is 20.3 Å². The van der Waals surface area contributed by atoms with Gasteiger partial charge in [0.15, 0.2) is 11.5 Å². The molecule has 0 spiro atoms. The lowest BCUT2D eigenvalue weighted by Gasteiger charge is -2.14. The number of hydrogen-bond donors (Lipinski definition) is 2. The van der Waals surface area contributed by atoms with Crippen LogP contribution in [0.5, 0.6) is 11.5 Å². The Kier molecular flexibility index (Phi) is 5.54. The van der Waals surface area contributed by atoms with E-state index in [-0.39, 0.29) is 24.5 Å². The number of pyridine rings is 1. The normalized spacial score (nSPS) is 13.1. The third-order valence-corrected chi connectivity index (χ3v) is 5.03. The molecular weight excluding hydrogens is 384 g/mol. The third-order valence-electron chi connectivity index (χ3n) is 5.03. The van der Waals surface area contributed by atoms with Gasteiger partial charge in [0.25, 0.3) is 11.5 Å². The number of nitrogens with zero attached hydrogens (tertiary/aromatic N) is 1. The number of benzene rings is 2. The van der Waals surface area contributed by atoms with Gasteiger partial charge in [0, 0.05) is 12.7 Å². The third kappa shape index (κ3) is 4.06. The lowest BCUT2D eigenvalue weighted by atomic mass is 10.1. The summed E-state index contributed by atoms with van der Waals surface area (Å²) < 4.78 is 12.2. The first-order valence-electron chi connectivity index (χ1n) is 9.62. The van der Waals surface area contributed by atoms with Crippen LogP contribution in [0.3, 0.4) is 0 Å². The summed E-state index contributed by atoms with van der Waals surface area (Å²) >= 11 is 0. The number of aliphatic hydroxyl groups excluding tert-OH is 1. The lowest BCUT2D eigenvalue weighted by Crippen LogP contribution is -2.36. The molecule has 7 nitrogen and oxygen atoms in total. The molecule has 30 heavy (non-hydrogen) atoms. The van der Waals surface area contributed by atoms with E-state index < -0.39 is 12.0 Å². The summed E-state index contributed by atoms with van der Waals surface area (Å²) in [5.41, 5.74) is 1.81. The van der Waals surface area contributed by atoms with E-state index in [2.05, 4.69) is 5.32 Å². The summed E-state index contributed by atoms with van der Waals surface area (Å²) in [6, 6.07) is 16.3. The van der Waals surface area contributed by atoms with Crippen molar-refractivity contribution < 1.29 is 19.4 Å². The molecule has 4 rings (SSSR count). The van der Waals surface area contributed by atoms with Crippen LogP contribution in [0.15, 0.2) is 65.6 Å². The average Bonchev–Trinajstić information content (AvgIpc) is 3.22. The second-order valence-corrected chi connectivity index (χ2v) is 7.13. The lowest BCUT2D eigenvalue weighted by molar-refractivity contribution is 0.0913. The van der Waals surface area contributed by atoms with Gasteiger partial charge in [0.05, 0.1) is 12.6 Å². The number of fused-ring (bicyclic) bond motifs is 1. The Balaban J connectivity index is 1.51. The summed E-state index contributed by atoms with van der Waals surface area (Å²) in [4.78, 5) is 25.7. The van der Waals surface area contributed by atoms with E-state index in [1.54, 1.807) is 37.4 Å². The molecule has 0 aliphatic carbocycles. The number of aliphatic hydroxyl groups is 1. The molecule has 2 heterocycles. The van der Waals surface area contributed by atoms with Gasteiger partial charge in [-0.05, 0) is 41.8 Å². The summed E-state index contributed by atoms with van der Waals surface area (Å²) in [6.45, 7) is 2.21. The van der Waals surface area contributed by atoms with Crippen molar-refractivity contribution in [2.75, 3.05) is 13.3 Å². The van der Waals surface area contributed by atoms with Crippen LogP contribution in [0.2, 0.25) is 0 Å². The molecule has 1 aliphatic heterocycles. The van der Waals surface area contributed by atoms with Gasteiger partial charge >= 0.3 is 0 Å². The van der Waals surface area contributed by atoms with E-state index in [1.165, 1.54) is 4.57 Å². The molecule has 154 valence electrons. The molecule has 0 saturated carbocycles. The first kappa shape index (κ1) is 19.7. The van der Waals surface area contributed by atoms with Crippen LogP contribution in [0, 0.1) is 6.92 Å². The predicted molar refractivity (Wildman–Crippen MR) is 111 cm³/mol. The summed E-state index contributed by atoms with van der Waals surface area (Å²) in [5, 5.41) is 12.9. The van der Waals surface area contributed by atoms with Crippen molar-refractivity contribution in [3.63, 3.8) is 0 Å². The van der Waals surface area contributed by atoms with Crippen molar-refractivity contribution >= 4 is 5.91 Å². The van der Waals surface area contributed by atoms with Gasteiger partial charge < -0.3 is 24.5 Å². The van der Waals surface area contributed by atoms with Crippen molar-refractivity contribution in [1.29, 1.82) is 0 Å². The van der Waals surface area contributed by atoms with Crippen molar-refractivity contribution in [2.24, 2.45) is 0 Å². The van der Waals surface area contributed by atoms with E-state index in [0.717, 1.165) is 5.56 Å². The van der Waals surface area contributed by atoms with Gasteiger partial charge in [0.2, 0.25) is 6.79 Å². The minimum atomic E-state index is -0.852. The number of carbonyl (C=O) groups is 1. The number of aromatic nitrogens is 1. The van der Waals surface area contributed by atoms with Gasteiger partial charge in [-0.25, -0.2) is 0 Å². The van der Waals surface area contributed by atoms with Crippen molar-refractivity contribution in [1.82, 2.24) is 9.88 Å². The number of hydrogen-bond acceptors (Lipinski definition) is 5. The maximum Gasteiger partial charge on any atom is 0.263 e. The SMILES string of the molecule is Cc1ccn(Cc2ccc3c(c2)OCO3)c(=O)c1C(=O)NCC(O)c1ccccc1. The van der Waals surface area contributed by atoms with Crippen LogP contribution in [0.4, 0.5) is 0 Å². The molecule has 1 unspecified atom stereocenters. The molecule has 1 atom stereocenters. The molecule has 2 aromatic carbocycles. The highest BCUT2D eigenvalue weighted by atomic mass is 16.7. The topological polar surface area (TPSA) is 89.8 Å². The minimum Gasteiger partial charge on any atom is -0.454 e. The standard InChI is InChI=1S/C23H22N2O5/c1-15-9-10-25(13-16-7-8-19-20(11-16)30-14-29-19)23(28)21(15)22(27)24-12-18(26)17-5-3-2-4-6-17/h2-11,18,26H,12-14H2,1H3,(H,24,27). The number of amides is 1. The van der Waals surface area contributed by atoms with Gasteiger partial charge in [-0.2, -0.15) is 0 Å². The summed E-state index contributed by atoms with van der Waals surface area (Å²) in [5.74, 6) is 0.806. The van der Waals surface area contributed by atoms with Gasteiger partial charge in [0.1, 0.15) is 5.56 Å². The van der Waals surface area contributed by atoms with Crippen LogP contribution in [-0.4, -0.2) is 28.9 Å². The quantitative estimate of drug-likeness (QED) is 0.656. The van der Waals surface area contributed by atoms with E-state index >= 15 is 0 Å². The smallest absolute Gasteiger partial charge is 0.263 e. The molecular formula is C23H22N2O5. The number of rotatable bonds is 6. The average molecular weight is 406 g/mol. The van der Waals surface area contributed by atoms with E-state index in [9.17, 15) is 14.7 Å². The van der Waals surface area contributed by atoms with Gasteiger partial charge in [-0.15, -0.1) is 0 Å². The predicted octanol–water partition coefficient (Wildman–Crippen LogP) is 2.40. The van der Waals surface area contributed by atoms with Crippen LogP contribution in [-0.2, 0) is 6.54 Å². The van der Waals surface area contributed by atoms with Gasteiger partial charge in [-0.3, -0.25) is 9.59 Å². The maximum atomic E-state index is 13.0. The van der Waals surface area contributed by atoms with Crippen LogP contribution >= 0.6 is 0 Å². The van der Waals surface area contributed by atoms with Crippen molar-refractivity contribution in [3.05, 3.63) is 93.4 Å². The monoisotopic (exact) mass is 406 g/mol. The fourth-order valence-electron chi connectivity index (χ4n) is 3.37. The van der Waals surface area contributed by atoms with Crippen molar-refractivity contribution in [3.8, 4) is 11.5 Å². The highest BCUT2D eigenvalue weighted by Gasteiger charge is 2.18. The highest BCUT2D eigenvalue weighted by molar-refractivity contribution is 5.95. The minimum absolute atomic E-state index is 0.0127. The van der Waals surface area contributed by atoms with E-state index in [4.69, 9.17) is 9.47 Å². The Labute approximate surface area is 173 Å². The fraction of sp³-hybridized carbons (Fsp3) is 0.217. The maximum absolute atomic E-state index is 13.0. The second kappa shape index (κ2) is 8.42. The van der Waals surface area contributed by atoms with E-state index in [0.29, 0.717) is 29.2 Å². The summed E-state index contributed by atoms with van der Waals surface area (Å²) in [6.07, 6.45) is 0.813. The largest absolute Gasteiger partial charge is 0.454 e. The highest BCUT2D eigenvalue weighted by Crippen LogP contribution is 2.32. The Hall–Kier alpha value is -3.58. The Morgan fingerprint density at radius 2 is 1.90 bits per heavy atom. The van der Waals surface area contributed by atoms with Gasteiger partial charge in [-0.1, -0.05) is 36.4 Å². The zero-order valence-corrected chi connectivity index (χ0v) is 16.5. The zero-order valence-electron chi connectivity index (χ0n) is 16.5. The molecule has 1 amide bonds. The first-order valence-corrected chi connectivity index (χ1v) is 9.62. The Morgan fingerprint density at radius 3 is 2.70 bits per heavy atom. The second-order valence-electron chi connectivity index (χ2n) is 7.13. The zero-order chi connectivity index (χ0) is 21.1. The first-order chi connectivity index (χ1) is 14.5. The van der Waals surface area contributed by atoms with Crippen LogP contribution in [0.1, 0.15) is 33.2 Å². The molecule has 1 aliphatic rings. The number of carbonyl (C=O) groups excluding carboxylic acids is 1. The van der Waals surface area contributed by atoms with E-state index in [1.807, 2.05) is 30.3 Å². The molecule has 0 saturated heterocycles. The Morgan fingerprint density at radius 1 is 1.13 bits per heavy atom. The molecule has 1 aromatic heterocycles. The number of nitrogens with one attached hydrogen (secondary N) is 1. The fourth-order valence-corrected chi connectivity index (χ4v) is 3.37. The van der Waals surface area contributed by atoms with Crippen molar-refractivity contribution in [2.45, 2.75) is 19.6 Å². The molecule has 2 N–H and O–H groups in total. The molecule has 0 fully saturated rings. The molecule has 0 radical (unpaired) electrons. The number of ether oxygens (including phenoxy) is 2.